The van der Waals surface area contributed by atoms with Crippen molar-refractivity contribution >= 4 is 15.9 Å². The molecule has 1 unspecified atom stereocenters. The Morgan fingerprint density at radius 2 is 1.69 bits per heavy atom. The molecule has 0 radical (unpaired) electrons. The maximum absolute atomic E-state index is 13.2. The van der Waals surface area contributed by atoms with E-state index in [9.17, 15) is 17.6 Å². The summed E-state index contributed by atoms with van der Waals surface area (Å²) in [5.74, 6) is -0.601. The molecule has 0 aromatic heterocycles. The van der Waals surface area contributed by atoms with Crippen molar-refractivity contribution in [1.29, 1.82) is 0 Å². The first-order chi connectivity index (χ1) is 13.7. The molecular weight excluding hydrogens is 391 g/mol. The summed E-state index contributed by atoms with van der Waals surface area (Å²) in [4.78, 5) is 14.8. The molecule has 0 saturated carbocycles. The number of hydrogen-bond acceptors (Lipinski definition) is 3. The Hall–Kier alpha value is -2.25. The molecule has 1 atom stereocenters. The van der Waals surface area contributed by atoms with Gasteiger partial charge in [0.15, 0.2) is 0 Å². The highest BCUT2D eigenvalue weighted by atomic mass is 32.2. The van der Waals surface area contributed by atoms with Gasteiger partial charge in [-0.2, -0.15) is 4.31 Å². The van der Waals surface area contributed by atoms with Gasteiger partial charge in [0.05, 0.1) is 10.9 Å². The fourth-order valence-corrected chi connectivity index (χ4v) is 5.12. The largest absolute Gasteiger partial charge is 0.335 e. The summed E-state index contributed by atoms with van der Waals surface area (Å²) in [6.45, 7) is 4.68. The summed E-state index contributed by atoms with van der Waals surface area (Å²) < 4.78 is 40.7. The van der Waals surface area contributed by atoms with Crippen molar-refractivity contribution in [1.82, 2.24) is 9.21 Å². The van der Waals surface area contributed by atoms with Crippen LogP contribution in [0.2, 0.25) is 0 Å². The number of carbonyl (C=O) groups is 1. The van der Waals surface area contributed by atoms with Crippen LogP contribution in [0.25, 0.3) is 0 Å². The molecule has 7 heteroatoms. The zero-order valence-corrected chi connectivity index (χ0v) is 17.9. The first-order valence-corrected chi connectivity index (χ1v) is 11.3. The van der Waals surface area contributed by atoms with Crippen LogP contribution >= 0.6 is 0 Å². The minimum absolute atomic E-state index is 0.149. The van der Waals surface area contributed by atoms with E-state index in [1.165, 1.54) is 22.5 Å². The van der Waals surface area contributed by atoms with E-state index in [2.05, 4.69) is 0 Å². The first-order valence-electron chi connectivity index (χ1n) is 9.85. The van der Waals surface area contributed by atoms with E-state index in [0.29, 0.717) is 24.2 Å². The van der Waals surface area contributed by atoms with Gasteiger partial charge in [-0.15, -0.1) is 0 Å². The van der Waals surface area contributed by atoms with Crippen molar-refractivity contribution in [3.8, 4) is 0 Å². The molecule has 2 aromatic carbocycles. The maximum atomic E-state index is 13.2. The van der Waals surface area contributed by atoms with Gasteiger partial charge in [0.25, 0.3) is 5.91 Å². The van der Waals surface area contributed by atoms with Gasteiger partial charge in [-0.05, 0) is 62.1 Å². The Bertz CT molecular complexity index is 984. The second kappa shape index (κ2) is 8.63. The van der Waals surface area contributed by atoms with Gasteiger partial charge in [0.2, 0.25) is 10.0 Å². The molecule has 1 amide bonds. The van der Waals surface area contributed by atoms with Crippen molar-refractivity contribution < 1.29 is 17.6 Å². The van der Waals surface area contributed by atoms with Crippen LogP contribution in [0.1, 0.15) is 53.7 Å². The van der Waals surface area contributed by atoms with Gasteiger partial charge in [-0.3, -0.25) is 4.79 Å². The van der Waals surface area contributed by atoms with Crippen LogP contribution in [0.5, 0.6) is 0 Å². The number of halogens is 1. The van der Waals surface area contributed by atoms with Crippen molar-refractivity contribution in [2.75, 3.05) is 20.1 Å². The Morgan fingerprint density at radius 3 is 2.31 bits per heavy atom. The van der Waals surface area contributed by atoms with E-state index in [1.807, 2.05) is 6.92 Å². The van der Waals surface area contributed by atoms with E-state index in [1.54, 1.807) is 43.1 Å². The van der Waals surface area contributed by atoms with Gasteiger partial charge >= 0.3 is 0 Å². The smallest absolute Gasteiger partial charge is 0.254 e. The second-order valence-corrected chi connectivity index (χ2v) is 9.52. The zero-order chi connectivity index (χ0) is 21.2. The quantitative estimate of drug-likeness (QED) is 0.733. The molecule has 1 fully saturated rings. The number of aryl methyl sites for hydroxylation is 1. The molecule has 29 heavy (non-hydrogen) atoms. The molecular formula is C22H27FN2O3S. The predicted octanol–water partition coefficient (Wildman–Crippen LogP) is 4.14. The molecule has 156 valence electrons. The Balaban J connectivity index is 1.88. The van der Waals surface area contributed by atoms with Gasteiger partial charge < -0.3 is 4.90 Å². The summed E-state index contributed by atoms with van der Waals surface area (Å²) in [5, 5.41) is 0. The molecule has 1 aliphatic heterocycles. The van der Waals surface area contributed by atoms with E-state index >= 15 is 0 Å². The van der Waals surface area contributed by atoms with Crippen LogP contribution in [-0.4, -0.2) is 43.7 Å². The highest BCUT2D eigenvalue weighted by Gasteiger charge is 2.28. The topological polar surface area (TPSA) is 57.7 Å². The van der Waals surface area contributed by atoms with Gasteiger partial charge in [-0.25, -0.2) is 12.8 Å². The number of carbonyl (C=O) groups excluding carboxylic acids is 1. The van der Waals surface area contributed by atoms with Crippen molar-refractivity contribution in [3.63, 3.8) is 0 Å². The van der Waals surface area contributed by atoms with Crippen molar-refractivity contribution in [2.24, 2.45) is 0 Å². The second-order valence-electron chi connectivity index (χ2n) is 7.59. The van der Waals surface area contributed by atoms with Crippen LogP contribution in [0, 0.1) is 12.7 Å². The summed E-state index contributed by atoms with van der Waals surface area (Å²) in [6.07, 6.45) is 2.75. The number of nitrogens with zero attached hydrogens (tertiary/aromatic N) is 2. The van der Waals surface area contributed by atoms with Crippen molar-refractivity contribution in [3.05, 3.63) is 65.0 Å². The zero-order valence-electron chi connectivity index (χ0n) is 17.1. The lowest BCUT2D eigenvalue weighted by molar-refractivity contribution is 0.0741. The van der Waals surface area contributed by atoms with Crippen LogP contribution in [0.4, 0.5) is 4.39 Å². The Kier molecular flexibility index (Phi) is 6.39. The highest BCUT2D eigenvalue weighted by molar-refractivity contribution is 7.89. The third kappa shape index (κ3) is 4.51. The molecule has 0 N–H and O–H groups in total. The summed E-state index contributed by atoms with van der Waals surface area (Å²) in [5.41, 5.74) is 1.88. The SMILES string of the molecule is Cc1ccc(S(=O)(=O)N2CCCCC2)cc1C(=O)N(C)C(C)c1ccc(F)cc1. The molecule has 0 aliphatic carbocycles. The number of amides is 1. The lowest BCUT2D eigenvalue weighted by atomic mass is 10.0. The molecule has 1 aliphatic rings. The van der Waals surface area contributed by atoms with Crippen LogP contribution in [0.15, 0.2) is 47.4 Å². The maximum Gasteiger partial charge on any atom is 0.254 e. The van der Waals surface area contributed by atoms with Gasteiger partial charge in [0.1, 0.15) is 5.82 Å². The van der Waals surface area contributed by atoms with Crippen LogP contribution in [0.3, 0.4) is 0 Å². The Morgan fingerprint density at radius 1 is 1.07 bits per heavy atom. The summed E-state index contributed by atoms with van der Waals surface area (Å²) >= 11 is 0. The number of sulfonamides is 1. The number of hydrogen-bond donors (Lipinski definition) is 0. The van der Waals surface area contributed by atoms with Gasteiger partial charge in [-0.1, -0.05) is 24.6 Å². The molecule has 1 heterocycles. The normalized spacial score (nSPS) is 16.4. The molecule has 5 nitrogen and oxygen atoms in total. The molecule has 0 spiro atoms. The fourth-order valence-electron chi connectivity index (χ4n) is 3.58. The Labute approximate surface area is 172 Å². The average molecular weight is 419 g/mol. The average Bonchev–Trinajstić information content (AvgIpc) is 2.73. The monoisotopic (exact) mass is 418 g/mol. The number of rotatable bonds is 5. The van der Waals surface area contributed by atoms with E-state index in [-0.39, 0.29) is 22.7 Å². The van der Waals surface area contributed by atoms with E-state index < -0.39 is 10.0 Å². The minimum atomic E-state index is -3.62. The van der Waals surface area contributed by atoms with Crippen molar-refractivity contribution in [2.45, 2.75) is 44.0 Å². The fraction of sp³-hybridized carbons (Fsp3) is 0.409. The van der Waals surface area contributed by atoms with E-state index in [0.717, 1.165) is 24.8 Å². The molecule has 1 saturated heterocycles. The molecule has 2 aromatic rings. The summed E-state index contributed by atoms with van der Waals surface area (Å²) in [7, 11) is -1.95. The summed E-state index contributed by atoms with van der Waals surface area (Å²) in [6, 6.07) is 10.5. The molecule has 3 rings (SSSR count). The predicted molar refractivity (Wildman–Crippen MR) is 111 cm³/mol. The highest BCUT2D eigenvalue weighted by Crippen LogP contribution is 2.26. The lowest BCUT2D eigenvalue weighted by Crippen LogP contribution is -2.36. The lowest BCUT2D eigenvalue weighted by Gasteiger charge is -2.28. The first kappa shape index (κ1) is 21.5. The standard InChI is InChI=1S/C22H27FN2O3S/c1-16-7-12-20(29(27,28)25-13-5-4-6-14-25)15-21(16)22(26)24(3)17(2)18-8-10-19(23)11-9-18/h7-12,15,17H,4-6,13-14H2,1-3H3. The third-order valence-electron chi connectivity index (χ3n) is 5.65. The third-order valence-corrected chi connectivity index (χ3v) is 7.54. The molecule has 0 bridgehead atoms. The number of piperidine rings is 1. The van der Waals surface area contributed by atoms with Gasteiger partial charge in [0, 0.05) is 25.7 Å². The minimum Gasteiger partial charge on any atom is -0.335 e. The van der Waals surface area contributed by atoms with E-state index in [4.69, 9.17) is 0 Å². The number of benzene rings is 2. The van der Waals surface area contributed by atoms with Crippen LogP contribution in [-0.2, 0) is 10.0 Å². The van der Waals surface area contributed by atoms with Crippen LogP contribution < -0.4 is 0 Å².